The zero-order valence-corrected chi connectivity index (χ0v) is 24.8. The molecule has 1 fully saturated rings. The van der Waals surface area contributed by atoms with Gasteiger partial charge in [0.2, 0.25) is 0 Å². The lowest BCUT2D eigenvalue weighted by molar-refractivity contribution is -0.383. The maximum Gasteiger partial charge on any atom is 0.501 e. The number of rotatable bonds is 6. The highest BCUT2D eigenvalue weighted by molar-refractivity contribution is 6.63. The molecule has 1 unspecified atom stereocenters. The van der Waals surface area contributed by atoms with Crippen LogP contribution in [0.4, 0.5) is 10.1 Å². The molecule has 0 bridgehead atoms. The van der Waals surface area contributed by atoms with Crippen LogP contribution in [-0.4, -0.2) is 28.4 Å². The Kier molecular flexibility index (Phi) is 9.08. The standard InChI is InChI=1S/C18H20BNO5.C14H12ClFO/c1-17(2)18(3,4)25-19(24-17)15-11-10-14(12-16(15)20(21)22)23-13-8-6-5-7-9-13;1-14(17,10-6-8-11(15)9-7-10)12-4-2-3-5-13(12)16/h5-12H,1-4H3;2-9,17H,1H3. The molecule has 0 amide bonds. The predicted octanol–water partition coefficient (Wildman–Crippen LogP) is 7.42. The van der Waals surface area contributed by atoms with Crippen molar-refractivity contribution < 1.29 is 28.5 Å². The van der Waals surface area contributed by atoms with Crippen molar-refractivity contribution in [3.63, 3.8) is 0 Å². The quantitative estimate of drug-likeness (QED) is 0.143. The van der Waals surface area contributed by atoms with Crippen LogP contribution in [0.5, 0.6) is 11.5 Å². The Labute approximate surface area is 250 Å². The zero-order valence-electron chi connectivity index (χ0n) is 24.0. The fourth-order valence-corrected chi connectivity index (χ4v) is 4.45. The lowest BCUT2D eigenvalue weighted by Gasteiger charge is -2.32. The summed E-state index contributed by atoms with van der Waals surface area (Å²) < 4.78 is 31.2. The number of ether oxygens (including phenoxy) is 1. The summed E-state index contributed by atoms with van der Waals surface area (Å²) >= 11 is 5.78. The highest BCUT2D eigenvalue weighted by Gasteiger charge is 2.53. The van der Waals surface area contributed by atoms with Crippen LogP contribution in [0.3, 0.4) is 0 Å². The van der Waals surface area contributed by atoms with Gasteiger partial charge in [-0.1, -0.05) is 66.2 Å². The van der Waals surface area contributed by atoms with Crippen LogP contribution in [0.2, 0.25) is 5.02 Å². The molecule has 0 saturated carbocycles. The van der Waals surface area contributed by atoms with E-state index in [2.05, 4.69) is 0 Å². The van der Waals surface area contributed by atoms with E-state index in [0.29, 0.717) is 27.5 Å². The van der Waals surface area contributed by atoms with Crippen LogP contribution < -0.4 is 10.2 Å². The van der Waals surface area contributed by atoms with E-state index in [1.807, 2.05) is 45.9 Å². The van der Waals surface area contributed by atoms with Crippen molar-refractivity contribution in [2.75, 3.05) is 0 Å². The molecule has 1 saturated heterocycles. The minimum Gasteiger partial charge on any atom is -0.457 e. The Hall–Kier alpha value is -3.76. The van der Waals surface area contributed by atoms with Gasteiger partial charge in [0.05, 0.1) is 27.7 Å². The first-order valence-electron chi connectivity index (χ1n) is 13.3. The molecule has 1 aliphatic heterocycles. The highest BCUT2D eigenvalue weighted by Crippen LogP contribution is 2.38. The van der Waals surface area contributed by atoms with Gasteiger partial charge in [-0.2, -0.15) is 0 Å². The number of nitrogens with zero attached hydrogens (tertiary/aromatic N) is 1. The number of hydrogen-bond acceptors (Lipinski definition) is 6. The third-order valence-electron chi connectivity index (χ3n) is 7.49. The number of nitro groups is 1. The van der Waals surface area contributed by atoms with Crippen molar-refractivity contribution in [3.8, 4) is 11.5 Å². The van der Waals surface area contributed by atoms with E-state index in [9.17, 15) is 19.6 Å². The Morgan fingerprint density at radius 1 is 0.881 bits per heavy atom. The van der Waals surface area contributed by atoms with Crippen molar-refractivity contribution in [1.29, 1.82) is 0 Å². The molecular weight excluding hydrogens is 560 g/mol. The summed E-state index contributed by atoms with van der Waals surface area (Å²) in [7, 11) is -0.795. The smallest absolute Gasteiger partial charge is 0.457 e. The molecule has 42 heavy (non-hydrogen) atoms. The molecule has 0 radical (unpaired) electrons. The predicted molar refractivity (Wildman–Crippen MR) is 162 cm³/mol. The fraction of sp³-hybridized carbons (Fsp3) is 0.250. The molecule has 5 rings (SSSR count). The van der Waals surface area contributed by atoms with Crippen molar-refractivity contribution in [2.24, 2.45) is 0 Å². The summed E-state index contributed by atoms with van der Waals surface area (Å²) in [6.45, 7) is 9.20. The van der Waals surface area contributed by atoms with Crippen molar-refractivity contribution in [1.82, 2.24) is 0 Å². The largest absolute Gasteiger partial charge is 0.501 e. The molecule has 218 valence electrons. The van der Waals surface area contributed by atoms with Crippen LogP contribution in [0, 0.1) is 15.9 Å². The molecule has 1 heterocycles. The zero-order chi connectivity index (χ0) is 30.7. The van der Waals surface area contributed by atoms with E-state index in [1.165, 1.54) is 12.1 Å². The Balaban J connectivity index is 0.000000208. The van der Waals surface area contributed by atoms with Gasteiger partial charge in [0.15, 0.2) is 0 Å². The summed E-state index contributed by atoms with van der Waals surface area (Å²) in [6, 6.07) is 26.7. The maximum atomic E-state index is 13.7. The Bertz CT molecular complexity index is 1530. The minimum absolute atomic E-state index is 0.0908. The molecule has 1 aliphatic rings. The lowest BCUT2D eigenvalue weighted by Crippen LogP contribution is -2.41. The van der Waals surface area contributed by atoms with Crippen molar-refractivity contribution in [3.05, 3.63) is 129 Å². The van der Waals surface area contributed by atoms with Gasteiger partial charge in [0.25, 0.3) is 5.69 Å². The number of nitro benzene ring substituents is 1. The molecule has 0 aromatic heterocycles. The number of benzene rings is 4. The van der Waals surface area contributed by atoms with E-state index >= 15 is 0 Å². The SMILES string of the molecule is CC(O)(c1ccc(Cl)cc1)c1ccccc1F.CC1(C)OB(c2ccc(Oc3ccccc3)cc2[N+](=O)[O-])OC1(C)C. The molecule has 4 aromatic carbocycles. The number of hydrogen-bond donors (Lipinski definition) is 1. The second-order valence-electron chi connectivity index (χ2n) is 11.0. The first-order chi connectivity index (χ1) is 19.7. The molecular formula is C32H32BClFNO6. The monoisotopic (exact) mass is 591 g/mol. The van der Waals surface area contributed by atoms with Crippen molar-refractivity contribution in [2.45, 2.75) is 51.4 Å². The lowest BCUT2D eigenvalue weighted by atomic mass is 9.78. The van der Waals surface area contributed by atoms with Crippen molar-refractivity contribution >= 4 is 29.9 Å². The van der Waals surface area contributed by atoms with E-state index in [1.54, 1.807) is 73.7 Å². The summed E-state index contributed by atoms with van der Waals surface area (Å²) in [6.07, 6.45) is 0. The van der Waals surface area contributed by atoms with Gasteiger partial charge in [-0.25, -0.2) is 4.39 Å². The van der Waals surface area contributed by atoms with Crippen LogP contribution in [0.25, 0.3) is 0 Å². The van der Waals surface area contributed by atoms with E-state index in [4.69, 9.17) is 25.6 Å². The molecule has 4 aromatic rings. The van der Waals surface area contributed by atoms with Gasteiger partial charge >= 0.3 is 7.12 Å². The van der Waals surface area contributed by atoms with Gasteiger partial charge in [-0.15, -0.1) is 0 Å². The van der Waals surface area contributed by atoms with E-state index < -0.39 is 34.7 Å². The highest BCUT2D eigenvalue weighted by atomic mass is 35.5. The van der Waals surface area contributed by atoms with Crippen LogP contribution in [0.15, 0.2) is 97.1 Å². The van der Waals surface area contributed by atoms with Gasteiger partial charge in [0.1, 0.15) is 22.9 Å². The van der Waals surface area contributed by atoms with Crippen LogP contribution in [-0.2, 0) is 14.9 Å². The average Bonchev–Trinajstić information content (AvgIpc) is 3.16. The normalized spacial score (nSPS) is 16.6. The first-order valence-corrected chi connectivity index (χ1v) is 13.7. The number of para-hydroxylation sites is 1. The topological polar surface area (TPSA) is 91.1 Å². The second-order valence-corrected chi connectivity index (χ2v) is 11.5. The molecule has 0 aliphatic carbocycles. The summed E-state index contributed by atoms with van der Waals surface area (Å²) in [5.74, 6) is 0.575. The molecule has 7 nitrogen and oxygen atoms in total. The van der Waals surface area contributed by atoms with Crippen LogP contribution >= 0.6 is 11.6 Å². The van der Waals surface area contributed by atoms with Gasteiger partial charge in [0, 0.05) is 10.6 Å². The molecule has 1 atom stereocenters. The molecule has 0 spiro atoms. The number of aliphatic hydroxyl groups is 1. The number of halogens is 2. The molecule has 1 N–H and O–H groups in total. The van der Waals surface area contributed by atoms with Gasteiger partial charge in [-0.05, 0) is 76.6 Å². The van der Waals surface area contributed by atoms with E-state index in [-0.39, 0.29) is 11.3 Å². The minimum atomic E-state index is -1.37. The summed E-state index contributed by atoms with van der Waals surface area (Å²) in [4.78, 5) is 11.1. The Morgan fingerprint density at radius 3 is 2.02 bits per heavy atom. The average molecular weight is 592 g/mol. The third-order valence-corrected chi connectivity index (χ3v) is 7.74. The third kappa shape index (κ3) is 6.82. The Morgan fingerprint density at radius 2 is 1.45 bits per heavy atom. The first kappa shape index (κ1) is 31.2. The summed E-state index contributed by atoms with van der Waals surface area (Å²) in [5, 5.41) is 22.6. The van der Waals surface area contributed by atoms with Crippen LogP contribution in [0.1, 0.15) is 45.7 Å². The second kappa shape index (κ2) is 12.2. The summed E-state index contributed by atoms with van der Waals surface area (Å²) in [5.41, 5.74) is -1.35. The maximum absolute atomic E-state index is 13.7. The van der Waals surface area contributed by atoms with E-state index in [0.717, 1.165) is 0 Å². The van der Waals surface area contributed by atoms with Gasteiger partial charge < -0.3 is 19.2 Å². The van der Waals surface area contributed by atoms with Gasteiger partial charge in [-0.3, -0.25) is 10.1 Å². The molecule has 10 heteroatoms. The fourth-order valence-electron chi connectivity index (χ4n) is 4.32.